The largest absolute Gasteiger partial charge is 0.396 e. The number of nitrogens with two attached hydrogens (primary N) is 1. The van der Waals surface area contributed by atoms with Gasteiger partial charge in [-0.15, -0.1) is 0 Å². The van der Waals surface area contributed by atoms with Crippen LogP contribution in [-0.4, -0.2) is 23.5 Å². The zero-order chi connectivity index (χ0) is 11.4. The Hall–Kier alpha value is -1.03. The van der Waals surface area contributed by atoms with E-state index in [0.717, 1.165) is 29.9 Å². The number of hydrogen-bond acceptors (Lipinski definition) is 3. The lowest BCUT2D eigenvalue weighted by Crippen LogP contribution is -2.15. The van der Waals surface area contributed by atoms with Crippen molar-refractivity contribution in [3.63, 3.8) is 0 Å². The molecule has 1 rings (SSSR count). The first-order valence-corrected chi connectivity index (χ1v) is 5.50. The second kappa shape index (κ2) is 5.16. The SMILES string of the molecule is CCc1nn(C(C)COC)c(CC)c1N. The molecular formula is C11H21N3O. The van der Waals surface area contributed by atoms with Crippen molar-refractivity contribution in [3.05, 3.63) is 11.4 Å². The van der Waals surface area contributed by atoms with Gasteiger partial charge in [0.1, 0.15) is 0 Å². The van der Waals surface area contributed by atoms with Crippen LogP contribution in [-0.2, 0) is 17.6 Å². The monoisotopic (exact) mass is 211 g/mol. The average Bonchev–Trinajstić information content (AvgIpc) is 2.55. The summed E-state index contributed by atoms with van der Waals surface area (Å²) in [6, 6.07) is 0.243. The number of ether oxygens (including phenoxy) is 1. The van der Waals surface area contributed by atoms with Crippen LogP contribution >= 0.6 is 0 Å². The van der Waals surface area contributed by atoms with Crippen molar-refractivity contribution in [3.8, 4) is 0 Å². The summed E-state index contributed by atoms with van der Waals surface area (Å²) in [6.45, 7) is 6.93. The number of hydrogen-bond donors (Lipinski definition) is 1. The Bertz CT molecular complexity index is 320. The predicted octanol–water partition coefficient (Wildman–Crippen LogP) is 1.80. The van der Waals surface area contributed by atoms with Gasteiger partial charge in [0, 0.05) is 7.11 Å². The molecule has 1 atom stereocenters. The van der Waals surface area contributed by atoms with Gasteiger partial charge in [-0.05, 0) is 19.8 Å². The quantitative estimate of drug-likeness (QED) is 0.808. The number of aromatic nitrogens is 2. The third-order valence-electron chi connectivity index (χ3n) is 2.62. The Labute approximate surface area is 91.4 Å². The fraction of sp³-hybridized carbons (Fsp3) is 0.727. The van der Waals surface area contributed by atoms with E-state index in [2.05, 4.69) is 25.9 Å². The van der Waals surface area contributed by atoms with Crippen molar-refractivity contribution < 1.29 is 4.74 Å². The van der Waals surface area contributed by atoms with Gasteiger partial charge >= 0.3 is 0 Å². The van der Waals surface area contributed by atoms with Crippen molar-refractivity contribution in [1.29, 1.82) is 0 Å². The maximum atomic E-state index is 6.03. The van der Waals surface area contributed by atoms with Crippen molar-refractivity contribution >= 4 is 5.69 Å². The maximum Gasteiger partial charge on any atom is 0.0854 e. The lowest BCUT2D eigenvalue weighted by Gasteiger charge is -2.14. The molecule has 15 heavy (non-hydrogen) atoms. The van der Waals surface area contributed by atoms with E-state index in [1.54, 1.807) is 7.11 Å². The fourth-order valence-electron chi connectivity index (χ4n) is 1.82. The standard InChI is InChI=1S/C11H21N3O/c1-5-9-11(12)10(6-2)14(13-9)8(3)7-15-4/h8H,5-7,12H2,1-4H3. The molecular weight excluding hydrogens is 190 g/mol. The number of nitrogen functional groups attached to an aromatic ring is 1. The fourth-order valence-corrected chi connectivity index (χ4v) is 1.82. The molecule has 0 fully saturated rings. The number of nitrogens with zero attached hydrogens (tertiary/aromatic N) is 2. The molecule has 2 N–H and O–H groups in total. The summed E-state index contributed by atoms with van der Waals surface area (Å²) in [5.74, 6) is 0. The van der Waals surface area contributed by atoms with Gasteiger partial charge in [-0.2, -0.15) is 5.10 Å². The highest BCUT2D eigenvalue weighted by atomic mass is 16.5. The van der Waals surface area contributed by atoms with Crippen LogP contribution in [0.5, 0.6) is 0 Å². The summed E-state index contributed by atoms with van der Waals surface area (Å²) in [4.78, 5) is 0. The van der Waals surface area contributed by atoms with E-state index in [9.17, 15) is 0 Å². The molecule has 0 saturated carbocycles. The molecule has 0 radical (unpaired) electrons. The molecule has 0 aliphatic carbocycles. The molecule has 1 aromatic heterocycles. The highest BCUT2D eigenvalue weighted by Gasteiger charge is 2.16. The second-order valence-corrected chi connectivity index (χ2v) is 3.76. The van der Waals surface area contributed by atoms with Gasteiger partial charge in [0.2, 0.25) is 0 Å². The molecule has 0 aliphatic heterocycles. The Balaban J connectivity index is 3.05. The minimum Gasteiger partial charge on any atom is -0.396 e. The van der Waals surface area contributed by atoms with Gasteiger partial charge < -0.3 is 10.5 Å². The summed E-state index contributed by atoms with van der Waals surface area (Å²) < 4.78 is 7.14. The van der Waals surface area contributed by atoms with E-state index >= 15 is 0 Å². The first kappa shape index (κ1) is 12.0. The maximum absolute atomic E-state index is 6.03. The molecule has 86 valence electrons. The Morgan fingerprint density at radius 2 is 2.07 bits per heavy atom. The van der Waals surface area contributed by atoms with Gasteiger partial charge in [0.15, 0.2) is 0 Å². The first-order valence-electron chi connectivity index (χ1n) is 5.50. The lowest BCUT2D eigenvalue weighted by molar-refractivity contribution is 0.155. The third kappa shape index (κ3) is 2.31. The van der Waals surface area contributed by atoms with Crippen LogP contribution in [0.4, 0.5) is 5.69 Å². The molecule has 0 bridgehead atoms. The molecule has 0 saturated heterocycles. The van der Waals surface area contributed by atoms with Crippen molar-refractivity contribution in [2.75, 3.05) is 19.5 Å². The van der Waals surface area contributed by atoms with Gasteiger partial charge in [-0.1, -0.05) is 13.8 Å². The summed E-state index contributed by atoms with van der Waals surface area (Å²) in [5.41, 5.74) is 9.00. The molecule has 0 aliphatic rings. The first-order chi connectivity index (χ1) is 7.15. The molecule has 1 aromatic rings. The molecule has 0 spiro atoms. The van der Waals surface area contributed by atoms with Crippen LogP contribution in [0.15, 0.2) is 0 Å². The van der Waals surface area contributed by atoms with E-state index in [1.807, 2.05) is 4.68 Å². The zero-order valence-electron chi connectivity index (χ0n) is 10.1. The molecule has 4 heteroatoms. The second-order valence-electron chi connectivity index (χ2n) is 3.76. The van der Waals surface area contributed by atoms with Gasteiger partial charge in [0.05, 0.1) is 29.7 Å². The summed E-state index contributed by atoms with van der Waals surface area (Å²) >= 11 is 0. The van der Waals surface area contributed by atoms with E-state index in [-0.39, 0.29) is 6.04 Å². The highest BCUT2D eigenvalue weighted by molar-refractivity contribution is 5.48. The highest BCUT2D eigenvalue weighted by Crippen LogP contribution is 2.21. The van der Waals surface area contributed by atoms with Crippen LogP contribution in [0.2, 0.25) is 0 Å². The molecule has 1 unspecified atom stereocenters. The van der Waals surface area contributed by atoms with E-state index < -0.39 is 0 Å². The number of aryl methyl sites for hydroxylation is 1. The minimum atomic E-state index is 0.243. The lowest BCUT2D eigenvalue weighted by atomic mass is 10.2. The van der Waals surface area contributed by atoms with Crippen molar-refractivity contribution in [1.82, 2.24) is 9.78 Å². The minimum absolute atomic E-state index is 0.243. The Kier molecular flexibility index (Phi) is 4.15. The van der Waals surface area contributed by atoms with E-state index in [4.69, 9.17) is 10.5 Å². The van der Waals surface area contributed by atoms with Crippen LogP contribution in [0.3, 0.4) is 0 Å². The van der Waals surface area contributed by atoms with Crippen LogP contribution < -0.4 is 5.73 Å². The van der Waals surface area contributed by atoms with Gasteiger partial charge in [-0.3, -0.25) is 4.68 Å². The molecule has 0 amide bonds. The molecule has 4 nitrogen and oxygen atoms in total. The number of rotatable bonds is 5. The summed E-state index contributed by atoms with van der Waals surface area (Å²) in [5, 5.41) is 4.53. The normalized spacial score (nSPS) is 13.1. The molecule has 1 heterocycles. The Morgan fingerprint density at radius 3 is 2.53 bits per heavy atom. The summed E-state index contributed by atoms with van der Waals surface area (Å²) in [6.07, 6.45) is 1.79. The van der Waals surface area contributed by atoms with Crippen molar-refractivity contribution in [2.24, 2.45) is 0 Å². The third-order valence-corrected chi connectivity index (χ3v) is 2.62. The predicted molar refractivity (Wildman–Crippen MR) is 62.0 cm³/mol. The zero-order valence-corrected chi connectivity index (χ0v) is 10.1. The number of methoxy groups -OCH3 is 1. The van der Waals surface area contributed by atoms with E-state index in [0.29, 0.717) is 6.61 Å². The topological polar surface area (TPSA) is 53.1 Å². The van der Waals surface area contributed by atoms with Crippen LogP contribution in [0, 0.1) is 0 Å². The smallest absolute Gasteiger partial charge is 0.0854 e. The van der Waals surface area contributed by atoms with Crippen molar-refractivity contribution in [2.45, 2.75) is 39.7 Å². The van der Waals surface area contributed by atoms with Crippen LogP contribution in [0.25, 0.3) is 0 Å². The summed E-state index contributed by atoms with van der Waals surface area (Å²) in [7, 11) is 1.70. The van der Waals surface area contributed by atoms with Crippen LogP contribution in [0.1, 0.15) is 38.2 Å². The van der Waals surface area contributed by atoms with E-state index in [1.165, 1.54) is 0 Å². The van der Waals surface area contributed by atoms with Gasteiger partial charge in [0.25, 0.3) is 0 Å². The number of anilines is 1. The molecule has 0 aromatic carbocycles. The average molecular weight is 211 g/mol. The Morgan fingerprint density at radius 1 is 1.40 bits per heavy atom. The van der Waals surface area contributed by atoms with Gasteiger partial charge in [-0.25, -0.2) is 0 Å².